The molecule has 0 saturated heterocycles. The number of aromatic nitrogens is 1. The van der Waals surface area contributed by atoms with Crippen molar-refractivity contribution in [2.24, 2.45) is 0 Å². The zero-order chi connectivity index (χ0) is 20.7. The Morgan fingerprint density at radius 3 is 2.29 bits per heavy atom. The second-order valence-electron chi connectivity index (χ2n) is 5.67. The van der Waals surface area contributed by atoms with Crippen molar-refractivity contribution in [3.63, 3.8) is 0 Å². The van der Waals surface area contributed by atoms with Crippen molar-refractivity contribution in [1.82, 2.24) is 4.98 Å². The first-order chi connectivity index (χ1) is 12.9. The molecule has 0 saturated carbocycles. The number of halogens is 6. The predicted octanol–water partition coefficient (Wildman–Crippen LogP) is 5.52. The van der Waals surface area contributed by atoms with E-state index < -0.39 is 35.4 Å². The zero-order valence-electron chi connectivity index (χ0n) is 13.6. The smallest absolute Gasteiger partial charge is 0.478 e. The molecule has 3 aromatic rings. The summed E-state index contributed by atoms with van der Waals surface area (Å²) in [7, 11) is 0. The Morgan fingerprint density at radius 1 is 0.964 bits per heavy atom. The Labute approximate surface area is 153 Å². The molecule has 0 aliphatic rings. The van der Waals surface area contributed by atoms with Gasteiger partial charge in [-0.25, -0.2) is 9.78 Å². The van der Waals surface area contributed by atoms with Gasteiger partial charge in [0.15, 0.2) is 0 Å². The molecular weight excluding hydrogens is 392 g/mol. The summed E-state index contributed by atoms with van der Waals surface area (Å²) < 4.78 is 79.6. The van der Waals surface area contributed by atoms with Gasteiger partial charge >= 0.3 is 18.5 Å². The summed E-state index contributed by atoms with van der Waals surface area (Å²) in [5.41, 5.74) is -1.44. The molecule has 3 rings (SSSR count). The van der Waals surface area contributed by atoms with Gasteiger partial charge in [0, 0.05) is 10.9 Å². The van der Waals surface area contributed by atoms with E-state index in [9.17, 15) is 36.2 Å². The Morgan fingerprint density at radius 2 is 1.68 bits per heavy atom. The molecule has 0 radical (unpaired) electrons. The molecule has 0 atom stereocenters. The van der Waals surface area contributed by atoms with Crippen molar-refractivity contribution in [3.05, 3.63) is 59.7 Å². The third-order valence-corrected chi connectivity index (χ3v) is 3.73. The monoisotopic (exact) mass is 401 g/mol. The summed E-state index contributed by atoms with van der Waals surface area (Å²) >= 11 is 0. The van der Waals surface area contributed by atoms with E-state index in [0.717, 1.165) is 42.5 Å². The lowest BCUT2D eigenvalue weighted by Gasteiger charge is -2.12. The Kier molecular flexibility index (Phi) is 4.66. The van der Waals surface area contributed by atoms with Gasteiger partial charge < -0.3 is 9.84 Å². The summed E-state index contributed by atoms with van der Waals surface area (Å²) in [5.74, 6) is -2.12. The van der Waals surface area contributed by atoms with Gasteiger partial charge in [0.25, 0.3) is 0 Å². The van der Waals surface area contributed by atoms with Gasteiger partial charge in [0.2, 0.25) is 0 Å². The molecule has 1 aromatic heterocycles. The zero-order valence-corrected chi connectivity index (χ0v) is 13.6. The molecule has 0 spiro atoms. The lowest BCUT2D eigenvalue weighted by molar-refractivity contribution is -0.274. The Bertz CT molecular complexity index is 1060. The number of benzene rings is 2. The van der Waals surface area contributed by atoms with Gasteiger partial charge in [0.1, 0.15) is 5.75 Å². The number of nitrogens with zero attached hydrogens (tertiary/aromatic N) is 1. The van der Waals surface area contributed by atoms with Gasteiger partial charge in [-0.2, -0.15) is 13.2 Å². The molecule has 2 aromatic carbocycles. The number of carboxylic acids is 1. The number of rotatable bonds is 3. The Hall–Kier alpha value is -3.30. The predicted molar refractivity (Wildman–Crippen MR) is 85.8 cm³/mol. The van der Waals surface area contributed by atoms with Crippen LogP contribution in [0.2, 0.25) is 0 Å². The number of pyridine rings is 1. The van der Waals surface area contributed by atoms with Gasteiger partial charge in [-0.1, -0.05) is 12.1 Å². The molecule has 4 nitrogen and oxygen atoms in total. The fraction of sp³-hybridized carbons (Fsp3) is 0.111. The highest BCUT2D eigenvalue weighted by atomic mass is 19.4. The van der Waals surface area contributed by atoms with Crippen LogP contribution >= 0.6 is 0 Å². The van der Waals surface area contributed by atoms with Crippen molar-refractivity contribution in [3.8, 4) is 17.0 Å². The number of carboxylic acid groups (broad SMARTS) is 1. The molecule has 0 aliphatic carbocycles. The van der Waals surface area contributed by atoms with Gasteiger partial charge in [-0.15, -0.1) is 13.2 Å². The highest BCUT2D eigenvalue weighted by Crippen LogP contribution is 2.34. The minimum Gasteiger partial charge on any atom is -0.478 e. The second-order valence-corrected chi connectivity index (χ2v) is 5.67. The fourth-order valence-electron chi connectivity index (χ4n) is 2.58. The topological polar surface area (TPSA) is 59.4 Å². The Balaban J connectivity index is 2.16. The summed E-state index contributed by atoms with van der Waals surface area (Å²) in [6.07, 6.45) is -9.57. The van der Waals surface area contributed by atoms with E-state index in [1.807, 2.05) is 0 Å². The number of hydrogen-bond acceptors (Lipinski definition) is 3. The highest BCUT2D eigenvalue weighted by Gasteiger charge is 2.32. The minimum atomic E-state index is -4.97. The number of ether oxygens (including phenoxy) is 1. The first-order valence-corrected chi connectivity index (χ1v) is 7.55. The van der Waals surface area contributed by atoms with Crippen LogP contribution in [0.3, 0.4) is 0 Å². The molecule has 0 bridgehead atoms. The SMILES string of the molecule is O=C(O)c1cc(-c2cccc(C(F)(F)F)c2)nc2ccc(OC(F)(F)F)cc12. The second kappa shape index (κ2) is 6.70. The standard InChI is InChI=1S/C18H9F6NO3/c19-17(20,21)10-3-1-2-9(6-10)15-8-13(16(26)27)12-7-11(28-18(22,23)24)4-5-14(12)25-15/h1-8H,(H,26,27). The highest BCUT2D eigenvalue weighted by molar-refractivity contribution is 6.04. The van der Waals surface area contributed by atoms with Crippen LogP contribution in [-0.2, 0) is 6.18 Å². The lowest BCUT2D eigenvalue weighted by atomic mass is 10.0. The average Bonchev–Trinajstić information content (AvgIpc) is 2.58. The number of fused-ring (bicyclic) bond motifs is 1. The molecule has 1 heterocycles. The van der Waals surface area contributed by atoms with E-state index in [1.165, 1.54) is 6.07 Å². The van der Waals surface area contributed by atoms with E-state index in [1.54, 1.807) is 0 Å². The lowest BCUT2D eigenvalue weighted by Crippen LogP contribution is -2.17. The van der Waals surface area contributed by atoms with Crippen LogP contribution in [0.5, 0.6) is 5.75 Å². The van der Waals surface area contributed by atoms with Crippen LogP contribution in [0.25, 0.3) is 22.2 Å². The first-order valence-electron chi connectivity index (χ1n) is 7.55. The molecule has 0 unspecified atom stereocenters. The molecule has 1 N–H and O–H groups in total. The fourth-order valence-corrected chi connectivity index (χ4v) is 2.58. The number of aromatic carboxylic acids is 1. The summed E-state index contributed by atoms with van der Waals surface area (Å²) in [5, 5.41) is 9.24. The number of carbonyl (C=O) groups is 1. The van der Waals surface area contributed by atoms with E-state index in [4.69, 9.17) is 0 Å². The van der Waals surface area contributed by atoms with Crippen molar-refractivity contribution >= 4 is 16.9 Å². The van der Waals surface area contributed by atoms with Gasteiger partial charge in [0.05, 0.1) is 22.3 Å². The van der Waals surface area contributed by atoms with Crippen LogP contribution < -0.4 is 4.74 Å². The third-order valence-electron chi connectivity index (χ3n) is 3.73. The number of alkyl halides is 6. The first kappa shape index (κ1) is 19.5. The average molecular weight is 401 g/mol. The third kappa shape index (κ3) is 4.16. The van der Waals surface area contributed by atoms with Crippen LogP contribution in [0, 0.1) is 0 Å². The summed E-state index contributed by atoms with van der Waals surface area (Å²) in [6.45, 7) is 0. The molecule has 28 heavy (non-hydrogen) atoms. The van der Waals surface area contributed by atoms with E-state index >= 15 is 0 Å². The maximum absolute atomic E-state index is 12.9. The molecule has 0 amide bonds. The van der Waals surface area contributed by atoms with E-state index in [-0.39, 0.29) is 22.2 Å². The van der Waals surface area contributed by atoms with Crippen molar-refractivity contribution in [2.75, 3.05) is 0 Å². The maximum atomic E-state index is 12.9. The summed E-state index contributed by atoms with van der Waals surface area (Å²) in [4.78, 5) is 15.6. The maximum Gasteiger partial charge on any atom is 0.573 e. The molecule has 146 valence electrons. The minimum absolute atomic E-state index is 0.00911. The van der Waals surface area contributed by atoms with Crippen LogP contribution in [-0.4, -0.2) is 22.4 Å². The molecule has 0 aliphatic heterocycles. The summed E-state index contributed by atoms with van der Waals surface area (Å²) in [6, 6.07) is 8.00. The molecular formula is C18H9F6NO3. The quantitative estimate of drug-likeness (QED) is 0.588. The van der Waals surface area contributed by atoms with Crippen molar-refractivity contribution in [1.29, 1.82) is 0 Å². The van der Waals surface area contributed by atoms with E-state index in [0.29, 0.717) is 0 Å². The van der Waals surface area contributed by atoms with Crippen LogP contribution in [0.1, 0.15) is 15.9 Å². The largest absolute Gasteiger partial charge is 0.573 e. The molecule has 0 fully saturated rings. The van der Waals surface area contributed by atoms with Crippen LogP contribution in [0.4, 0.5) is 26.3 Å². The van der Waals surface area contributed by atoms with Gasteiger partial charge in [-0.3, -0.25) is 0 Å². The number of hydrogen-bond donors (Lipinski definition) is 1. The van der Waals surface area contributed by atoms with Crippen molar-refractivity contribution in [2.45, 2.75) is 12.5 Å². The van der Waals surface area contributed by atoms with Gasteiger partial charge in [-0.05, 0) is 36.4 Å². The normalized spacial score (nSPS) is 12.2. The van der Waals surface area contributed by atoms with E-state index in [2.05, 4.69) is 9.72 Å². The molecule has 10 heteroatoms. The van der Waals surface area contributed by atoms with Crippen LogP contribution in [0.15, 0.2) is 48.5 Å². The van der Waals surface area contributed by atoms with Crippen molar-refractivity contribution < 1.29 is 41.0 Å².